The fourth-order valence-corrected chi connectivity index (χ4v) is 4.53. The van der Waals surface area contributed by atoms with Gasteiger partial charge < -0.3 is 25.5 Å². The molecule has 1 aromatic heterocycles. The minimum Gasteiger partial charge on any atom is -0.383 e. The minimum atomic E-state index is -0.505. The maximum Gasteiger partial charge on any atom is 0.242 e. The molecule has 3 aromatic rings. The molecule has 1 amide bonds. The highest BCUT2D eigenvalue weighted by Gasteiger charge is 2.38. The molecule has 0 radical (unpaired) electrons. The van der Waals surface area contributed by atoms with Crippen LogP contribution >= 0.6 is 11.6 Å². The number of aromatic nitrogens is 2. The zero-order chi connectivity index (χ0) is 24.1. The summed E-state index contributed by atoms with van der Waals surface area (Å²) in [7, 11) is 1.57. The molecule has 0 bridgehead atoms. The van der Waals surface area contributed by atoms with Crippen LogP contribution in [-0.4, -0.2) is 77.4 Å². The van der Waals surface area contributed by atoms with Crippen molar-refractivity contribution in [2.24, 2.45) is 0 Å². The van der Waals surface area contributed by atoms with Crippen molar-refractivity contribution in [2.75, 3.05) is 44.4 Å². The van der Waals surface area contributed by atoms with Gasteiger partial charge >= 0.3 is 0 Å². The third-order valence-electron chi connectivity index (χ3n) is 6.03. The number of amides is 1. The first-order valence-electron chi connectivity index (χ1n) is 11.0. The second-order valence-electron chi connectivity index (χ2n) is 8.18. The third kappa shape index (κ3) is 5.27. The van der Waals surface area contributed by atoms with Crippen LogP contribution in [0.1, 0.15) is 5.56 Å². The number of fused-ring (bicyclic) bond motifs is 1. The number of hydrogen-bond donors (Lipinski definition) is 2. The van der Waals surface area contributed by atoms with Crippen LogP contribution in [0.4, 0.5) is 11.5 Å². The van der Waals surface area contributed by atoms with Crippen LogP contribution in [0.3, 0.4) is 0 Å². The zero-order valence-electron chi connectivity index (χ0n) is 18.9. The lowest BCUT2D eigenvalue weighted by molar-refractivity contribution is -0.140. The molecule has 0 spiro atoms. The molecule has 1 unspecified atom stereocenters. The summed E-state index contributed by atoms with van der Waals surface area (Å²) in [6, 6.07) is 12.1. The van der Waals surface area contributed by atoms with Crippen molar-refractivity contribution in [3.8, 4) is 0 Å². The standard InChI is InChI=1S/C24H27ClN6O3/c1-34-14-22-21(13-32)30(12-16-5-6-19-20(9-16)28-15-29-24(19)26)7-8-31(22)23(33)11-27-18-4-2-3-17(25)10-18/h2-6,9-10,13,15,21-22,27H,7-8,11-12,14H2,1H3,(H2,26,28,29)/t21?,22-/m1/s1. The third-order valence-corrected chi connectivity index (χ3v) is 6.26. The molecule has 3 N–H and O–H groups in total. The van der Waals surface area contributed by atoms with Gasteiger partial charge in [-0.05, 0) is 35.9 Å². The zero-order valence-corrected chi connectivity index (χ0v) is 19.6. The topological polar surface area (TPSA) is 114 Å². The number of benzene rings is 2. The van der Waals surface area contributed by atoms with Crippen LogP contribution in [0.5, 0.6) is 0 Å². The Kier molecular flexibility index (Phi) is 7.56. The molecule has 2 aromatic carbocycles. The number of anilines is 2. The van der Waals surface area contributed by atoms with Crippen molar-refractivity contribution >= 4 is 46.2 Å². The van der Waals surface area contributed by atoms with Crippen LogP contribution in [0.15, 0.2) is 48.8 Å². The molecule has 2 atom stereocenters. The van der Waals surface area contributed by atoms with Gasteiger partial charge in [0, 0.05) is 42.8 Å². The van der Waals surface area contributed by atoms with E-state index in [-0.39, 0.29) is 19.1 Å². The molecule has 1 aliphatic rings. The quantitative estimate of drug-likeness (QED) is 0.470. The number of rotatable bonds is 8. The van der Waals surface area contributed by atoms with E-state index in [1.807, 2.05) is 30.3 Å². The van der Waals surface area contributed by atoms with E-state index in [2.05, 4.69) is 20.2 Å². The minimum absolute atomic E-state index is 0.0952. The Morgan fingerprint density at radius 3 is 2.88 bits per heavy atom. The number of nitrogen functional groups attached to an aromatic ring is 1. The molecule has 0 saturated carbocycles. The van der Waals surface area contributed by atoms with Crippen molar-refractivity contribution in [3.05, 3.63) is 59.4 Å². The molecule has 0 aliphatic carbocycles. The first kappa shape index (κ1) is 23.9. The summed E-state index contributed by atoms with van der Waals surface area (Å²) in [4.78, 5) is 37.4. The van der Waals surface area contributed by atoms with Crippen LogP contribution in [0.2, 0.25) is 5.02 Å². The lowest BCUT2D eigenvalue weighted by Crippen LogP contribution is -2.63. The van der Waals surface area contributed by atoms with Gasteiger partial charge in [-0.2, -0.15) is 0 Å². The van der Waals surface area contributed by atoms with Gasteiger partial charge in [0.15, 0.2) is 0 Å². The number of hydrogen-bond acceptors (Lipinski definition) is 8. The van der Waals surface area contributed by atoms with Gasteiger partial charge in [-0.15, -0.1) is 0 Å². The SMILES string of the molecule is COC[C@@H]1C(C=O)N(Cc2ccc3c(N)ncnc3c2)CCN1C(=O)CNc1cccc(Cl)c1. The maximum absolute atomic E-state index is 13.1. The van der Waals surface area contributed by atoms with Crippen molar-refractivity contribution in [1.82, 2.24) is 19.8 Å². The number of halogens is 1. The van der Waals surface area contributed by atoms with E-state index in [1.54, 1.807) is 24.1 Å². The van der Waals surface area contributed by atoms with E-state index in [9.17, 15) is 9.59 Å². The predicted octanol–water partition coefficient (Wildman–Crippen LogP) is 2.20. The number of aldehydes is 1. The number of nitrogens with zero attached hydrogens (tertiary/aromatic N) is 4. The molecule has 1 aliphatic heterocycles. The van der Waals surface area contributed by atoms with Gasteiger partial charge in [0.25, 0.3) is 0 Å². The van der Waals surface area contributed by atoms with Crippen molar-refractivity contribution in [2.45, 2.75) is 18.6 Å². The van der Waals surface area contributed by atoms with Gasteiger partial charge in [-0.25, -0.2) is 9.97 Å². The Hall–Kier alpha value is -3.27. The Morgan fingerprint density at radius 1 is 1.26 bits per heavy atom. The monoisotopic (exact) mass is 482 g/mol. The highest BCUT2D eigenvalue weighted by Crippen LogP contribution is 2.23. The van der Waals surface area contributed by atoms with Gasteiger partial charge in [0.05, 0.1) is 30.8 Å². The number of ether oxygens (including phenoxy) is 1. The van der Waals surface area contributed by atoms with E-state index in [0.717, 1.165) is 28.4 Å². The maximum atomic E-state index is 13.1. The summed E-state index contributed by atoms with van der Waals surface area (Å²) in [6.45, 7) is 1.92. The summed E-state index contributed by atoms with van der Waals surface area (Å²) in [6.07, 6.45) is 2.33. The molecule has 2 heterocycles. The summed E-state index contributed by atoms with van der Waals surface area (Å²) >= 11 is 6.02. The second kappa shape index (κ2) is 10.8. The average Bonchev–Trinajstić information content (AvgIpc) is 2.83. The van der Waals surface area contributed by atoms with E-state index in [4.69, 9.17) is 22.1 Å². The van der Waals surface area contributed by atoms with Crippen molar-refractivity contribution in [3.63, 3.8) is 0 Å². The van der Waals surface area contributed by atoms with Gasteiger partial charge in [0.2, 0.25) is 5.91 Å². The first-order valence-corrected chi connectivity index (χ1v) is 11.3. The molecular formula is C24H27ClN6O3. The Balaban J connectivity index is 1.47. The molecule has 1 saturated heterocycles. The lowest BCUT2D eigenvalue weighted by Gasteiger charge is -2.45. The molecule has 34 heavy (non-hydrogen) atoms. The predicted molar refractivity (Wildman–Crippen MR) is 132 cm³/mol. The lowest BCUT2D eigenvalue weighted by atomic mass is 10.0. The van der Waals surface area contributed by atoms with E-state index in [0.29, 0.717) is 30.5 Å². The number of carbonyl (C=O) groups is 2. The van der Waals surface area contributed by atoms with Crippen molar-refractivity contribution in [1.29, 1.82) is 0 Å². The molecule has 4 rings (SSSR count). The van der Waals surface area contributed by atoms with Crippen LogP contribution in [0.25, 0.3) is 10.9 Å². The van der Waals surface area contributed by atoms with Crippen LogP contribution in [0, 0.1) is 0 Å². The number of carbonyl (C=O) groups excluding carboxylic acids is 2. The Bertz CT molecular complexity index is 1180. The number of methoxy groups -OCH3 is 1. The summed E-state index contributed by atoms with van der Waals surface area (Å²) < 4.78 is 5.39. The first-order chi connectivity index (χ1) is 16.5. The fraction of sp³-hybridized carbons (Fsp3) is 0.333. The smallest absolute Gasteiger partial charge is 0.242 e. The molecule has 9 nitrogen and oxygen atoms in total. The molecular weight excluding hydrogens is 456 g/mol. The van der Waals surface area contributed by atoms with E-state index < -0.39 is 12.1 Å². The van der Waals surface area contributed by atoms with Gasteiger partial charge in [-0.1, -0.05) is 23.7 Å². The summed E-state index contributed by atoms with van der Waals surface area (Å²) in [5.74, 6) is 0.326. The van der Waals surface area contributed by atoms with Crippen LogP contribution < -0.4 is 11.1 Å². The van der Waals surface area contributed by atoms with Crippen molar-refractivity contribution < 1.29 is 14.3 Å². The Labute approximate surface area is 202 Å². The summed E-state index contributed by atoms with van der Waals surface area (Å²) in [5.41, 5.74) is 8.44. The average molecular weight is 483 g/mol. The fourth-order valence-electron chi connectivity index (χ4n) is 4.34. The highest BCUT2D eigenvalue weighted by atomic mass is 35.5. The second-order valence-corrected chi connectivity index (χ2v) is 8.62. The molecule has 10 heteroatoms. The summed E-state index contributed by atoms with van der Waals surface area (Å²) in [5, 5.41) is 4.49. The van der Waals surface area contributed by atoms with Crippen LogP contribution in [-0.2, 0) is 20.9 Å². The number of nitrogens with one attached hydrogen (secondary N) is 1. The number of nitrogens with two attached hydrogens (primary N) is 1. The van der Waals surface area contributed by atoms with Gasteiger partial charge in [-0.3, -0.25) is 9.69 Å². The normalized spacial score (nSPS) is 18.7. The largest absolute Gasteiger partial charge is 0.383 e. The number of piperazine rings is 1. The molecule has 178 valence electrons. The Morgan fingerprint density at radius 2 is 2.12 bits per heavy atom. The molecule has 1 fully saturated rings. The van der Waals surface area contributed by atoms with E-state index >= 15 is 0 Å². The van der Waals surface area contributed by atoms with E-state index in [1.165, 1.54) is 6.33 Å². The highest BCUT2D eigenvalue weighted by molar-refractivity contribution is 6.30. The van der Waals surface area contributed by atoms with Gasteiger partial charge in [0.1, 0.15) is 18.4 Å².